The van der Waals surface area contributed by atoms with Crippen LogP contribution in [0.5, 0.6) is 0 Å². The van der Waals surface area contributed by atoms with Crippen molar-refractivity contribution >= 4 is 28.0 Å². The number of carbonyl (C=O) groups excluding carboxylic acids is 2. The second kappa shape index (κ2) is 12.2. The van der Waals surface area contributed by atoms with Gasteiger partial charge in [-0.1, -0.05) is 52.3 Å². The van der Waals surface area contributed by atoms with E-state index in [1.54, 1.807) is 4.90 Å². The number of likely N-dealkylation sites (tertiary alicyclic amines) is 1. The molecular weight excluding hydrogens is 524 g/mol. The minimum absolute atomic E-state index is 0.163. The van der Waals surface area contributed by atoms with Crippen LogP contribution >= 0.6 is 15.9 Å². The van der Waals surface area contributed by atoms with Gasteiger partial charge in [0.1, 0.15) is 5.76 Å². The van der Waals surface area contributed by atoms with Crippen LogP contribution in [-0.4, -0.2) is 48.8 Å². The molecule has 36 heavy (non-hydrogen) atoms. The van der Waals surface area contributed by atoms with Gasteiger partial charge in [0.15, 0.2) is 0 Å². The summed E-state index contributed by atoms with van der Waals surface area (Å²) in [4.78, 5) is 31.5. The second-order valence-corrected chi connectivity index (χ2v) is 9.96. The maximum atomic E-state index is 12.7. The Balaban J connectivity index is 1.26. The first-order valence-electron chi connectivity index (χ1n) is 12.2. The standard InChI is InChI=1S/C28H31BrN2O5/c1-19-25(30-26(36-19)22-9-6-10-23(29)18-22)13-16-35-28(33)31-14-11-21(12-15-31)24(27(32)34-2)17-20-7-4-3-5-8-20/h3-10,18,21,24H,11-17H2,1-2H3. The molecule has 1 fully saturated rings. The molecule has 0 aliphatic carbocycles. The summed E-state index contributed by atoms with van der Waals surface area (Å²) >= 11 is 3.46. The fourth-order valence-corrected chi connectivity index (χ4v) is 5.08. The number of ether oxygens (including phenoxy) is 2. The molecule has 0 spiro atoms. The molecule has 2 aromatic carbocycles. The summed E-state index contributed by atoms with van der Waals surface area (Å²) in [6.07, 6.45) is 2.26. The first-order valence-corrected chi connectivity index (χ1v) is 13.0. The molecule has 1 amide bonds. The smallest absolute Gasteiger partial charge is 0.409 e. The minimum Gasteiger partial charge on any atom is -0.469 e. The van der Waals surface area contributed by atoms with Crippen molar-refractivity contribution in [3.63, 3.8) is 0 Å². The van der Waals surface area contributed by atoms with Crippen molar-refractivity contribution in [3.8, 4) is 11.5 Å². The van der Waals surface area contributed by atoms with Crippen molar-refractivity contribution in [2.24, 2.45) is 11.8 Å². The van der Waals surface area contributed by atoms with Gasteiger partial charge in [0.2, 0.25) is 5.89 Å². The van der Waals surface area contributed by atoms with Crippen molar-refractivity contribution in [2.45, 2.75) is 32.6 Å². The quantitative estimate of drug-likeness (QED) is 0.325. The number of carbonyl (C=O) groups is 2. The number of amides is 1. The molecule has 1 aliphatic rings. The molecular formula is C28H31BrN2O5. The van der Waals surface area contributed by atoms with E-state index in [9.17, 15) is 9.59 Å². The normalized spacial score (nSPS) is 14.9. The highest BCUT2D eigenvalue weighted by molar-refractivity contribution is 9.10. The molecule has 1 aliphatic heterocycles. The van der Waals surface area contributed by atoms with Gasteiger partial charge in [-0.15, -0.1) is 0 Å². The highest BCUT2D eigenvalue weighted by Crippen LogP contribution is 2.29. The van der Waals surface area contributed by atoms with Crippen LogP contribution in [0.25, 0.3) is 11.5 Å². The fraction of sp³-hybridized carbons (Fsp3) is 0.393. The van der Waals surface area contributed by atoms with Crippen LogP contribution in [0.4, 0.5) is 4.79 Å². The lowest BCUT2D eigenvalue weighted by atomic mass is 9.80. The summed E-state index contributed by atoms with van der Waals surface area (Å²) in [6, 6.07) is 17.7. The Hall–Kier alpha value is -3.13. The number of aromatic nitrogens is 1. The lowest BCUT2D eigenvalue weighted by Crippen LogP contribution is -2.42. The average Bonchev–Trinajstić information content (AvgIpc) is 3.28. The van der Waals surface area contributed by atoms with Crippen LogP contribution in [0.15, 0.2) is 63.5 Å². The molecule has 0 saturated carbocycles. The molecule has 3 aromatic rings. The van der Waals surface area contributed by atoms with Gasteiger partial charge in [0.25, 0.3) is 0 Å². The van der Waals surface area contributed by atoms with Crippen LogP contribution in [-0.2, 0) is 27.1 Å². The lowest BCUT2D eigenvalue weighted by molar-refractivity contribution is -0.148. The van der Waals surface area contributed by atoms with Crippen LogP contribution in [0, 0.1) is 18.8 Å². The number of rotatable bonds is 8. The summed E-state index contributed by atoms with van der Waals surface area (Å²) in [5.41, 5.74) is 2.77. The number of aryl methyl sites for hydroxylation is 1. The molecule has 2 heterocycles. The van der Waals surface area contributed by atoms with E-state index in [1.165, 1.54) is 7.11 Å². The van der Waals surface area contributed by atoms with Crippen molar-refractivity contribution in [1.29, 1.82) is 0 Å². The van der Waals surface area contributed by atoms with E-state index in [4.69, 9.17) is 13.9 Å². The zero-order valence-electron chi connectivity index (χ0n) is 20.6. The monoisotopic (exact) mass is 554 g/mol. The van der Waals surface area contributed by atoms with Crippen LogP contribution in [0.2, 0.25) is 0 Å². The van der Waals surface area contributed by atoms with Gasteiger partial charge in [-0.25, -0.2) is 9.78 Å². The minimum atomic E-state index is -0.334. The summed E-state index contributed by atoms with van der Waals surface area (Å²) < 4.78 is 17.4. The Morgan fingerprint density at radius 2 is 1.89 bits per heavy atom. The predicted octanol–water partition coefficient (Wildman–Crippen LogP) is 5.84. The fourth-order valence-electron chi connectivity index (χ4n) is 4.68. The summed E-state index contributed by atoms with van der Waals surface area (Å²) in [5, 5.41) is 0. The van der Waals surface area contributed by atoms with Gasteiger partial charge in [-0.2, -0.15) is 0 Å². The molecule has 1 unspecified atom stereocenters. The lowest BCUT2D eigenvalue weighted by Gasteiger charge is -2.34. The van der Waals surface area contributed by atoms with Crippen LogP contribution in [0.1, 0.15) is 29.9 Å². The van der Waals surface area contributed by atoms with Crippen LogP contribution in [0.3, 0.4) is 0 Å². The van der Waals surface area contributed by atoms with E-state index in [0.29, 0.717) is 37.6 Å². The zero-order valence-corrected chi connectivity index (χ0v) is 22.2. The number of methoxy groups -OCH3 is 1. The summed E-state index contributed by atoms with van der Waals surface area (Å²) in [7, 11) is 1.44. The molecule has 0 bridgehead atoms. The van der Waals surface area contributed by atoms with Crippen molar-refractivity contribution < 1.29 is 23.5 Å². The molecule has 1 saturated heterocycles. The van der Waals surface area contributed by atoms with Gasteiger partial charge < -0.3 is 18.8 Å². The van der Waals surface area contributed by atoms with Gasteiger partial charge in [0.05, 0.1) is 25.3 Å². The Morgan fingerprint density at radius 1 is 1.14 bits per heavy atom. The number of halogens is 1. The first kappa shape index (κ1) is 25.9. The maximum Gasteiger partial charge on any atom is 0.409 e. The third-order valence-corrected chi connectivity index (χ3v) is 7.19. The topological polar surface area (TPSA) is 81.9 Å². The molecule has 1 atom stereocenters. The van der Waals surface area contributed by atoms with Gasteiger partial charge in [-0.05, 0) is 55.9 Å². The van der Waals surface area contributed by atoms with Crippen molar-refractivity contribution in [1.82, 2.24) is 9.88 Å². The highest BCUT2D eigenvalue weighted by Gasteiger charge is 2.33. The average molecular weight is 555 g/mol. The highest BCUT2D eigenvalue weighted by atomic mass is 79.9. The molecule has 0 N–H and O–H groups in total. The number of oxazole rings is 1. The summed E-state index contributed by atoms with van der Waals surface area (Å²) in [5.74, 6) is 1.02. The first-order chi connectivity index (χ1) is 17.4. The predicted molar refractivity (Wildman–Crippen MR) is 139 cm³/mol. The van der Waals surface area contributed by atoms with Gasteiger partial charge in [-0.3, -0.25) is 4.79 Å². The SMILES string of the molecule is COC(=O)C(Cc1ccccc1)C1CCN(C(=O)OCCc2nc(-c3cccc(Br)c3)oc2C)CC1. The van der Waals surface area contributed by atoms with E-state index in [1.807, 2.05) is 61.5 Å². The van der Waals surface area contributed by atoms with E-state index in [0.717, 1.165) is 34.1 Å². The number of piperidine rings is 1. The van der Waals surface area contributed by atoms with E-state index in [-0.39, 0.29) is 30.5 Å². The Bertz CT molecular complexity index is 1170. The van der Waals surface area contributed by atoms with E-state index < -0.39 is 0 Å². The van der Waals surface area contributed by atoms with Crippen molar-refractivity contribution in [2.75, 3.05) is 26.8 Å². The number of hydrogen-bond donors (Lipinski definition) is 0. The molecule has 7 nitrogen and oxygen atoms in total. The largest absolute Gasteiger partial charge is 0.469 e. The Morgan fingerprint density at radius 3 is 2.58 bits per heavy atom. The maximum absolute atomic E-state index is 12.7. The number of nitrogens with zero attached hydrogens (tertiary/aromatic N) is 2. The Kier molecular flexibility index (Phi) is 8.80. The third kappa shape index (κ3) is 6.55. The molecule has 1 aromatic heterocycles. The number of benzene rings is 2. The zero-order chi connectivity index (χ0) is 25.5. The summed E-state index contributed by atoms with van der Waals surface area (Å²) in [6.45, 7) is 3.20. The van der Waals surface area contributed by atoms with Crippen LogP contribution < -0.4 is 0 Å². The molecule has 190 valence electrons. The Labute approximate surface area is 219 Å². The van der Waals surface area contributed by atoms with Crippen molar-refractivity contribution in [3.05, 3.63) is 76.1 Å². The third-order valence-electron chi connectivity index (χ3n) is 6.70. The second-order valence-electron chi connectivity index (χ2n) is 9.04. The van der Waals surface area contributed by atoms with E-state index in [2.05, 4.69) is 20.9 Å². The molecule has 0 radical (unpaired) electrons. The number of esters is 1. The van der Waals surface area contributed by atoms with E-state index >= 15 is 0 Å². The van der Waals surface area contributed by atoms with Gasteiger partial charge >= 0.3 is 12.1 Å². The number of hydrogen-bond acceptors (Lipinski definition) is 6. The molecule has 4 rings (SSSR count). The molecule has 8 heteroatoms. The van der Waals surface area contributed by atoms with Gasteiger partial charge in [0, 0.05) is 29.5 Å².